The van der Waals surface area contributed by atoms with Crippen molar-refractivity contribution in [2.45, 2.75) is 32.9 Å². The van der Waals surface area contributed by atoms with E-state index in [2.05, 4.69) is 56.7 Å². The standard InChI is InChI=1S/C23H30N6O/c1-2-3-9-25-22-21-20(26-17-27-22)8-12-29(23(21)30)16-19-6-4-18(5-7-19)15-28-13-10-24-11-14-28/h4-8,12,17,24H,2-3,9-11,13-16H2,1H3,(H,25,26,27). The van der Waals surface area contributed by atoms with Gasteiger partial charge in [-0.15, -0.1) is 0 Å². The molecule has 7 heteroatoms. The summed E-state index contributed by atoms with van der Waals surface area (Å²) in [5.74, 6) is 0.624. The number of rotatable bonds is 8. The number of aromatic nitrogens is 3. The first-order chi connectivity index (χ1) is 14.7. The fourth-order valence-corrected chi connectivity index (χ4v) is 3.82. The maximum atomic E-state index is 13.1. The Bertz CT molecular complexity index is 1020. The molecule has 3 heterocycles. The van der Waals surface area contributed by atoms with Gasteiger partial charge in [-0.05, 0) is 23.6 Å². The van der Waals surface area contributed by atoms with Gasteiger partial charge in [-0.3, -0.25) is 9.69 Å². The molecule has 30 heavy (non-hydrogen) atoms. The minimum atomic E-state index is -0.0583. The average Bonchev–Trinajstić information content (AvgIpc) is 2.78. The zero-order chi connectivity index (χ0) is 20.8. The third kappa shape index (κ3) is 4.86. The van der Waals surface area contributed by atoms with E-state index in [1.54, 1.807) is 4.57 Å². The molecule has 1 aliphatic rings. The number of benzene rings is 1. The molecule has 158 valence electrons. The molecule has 0 saturated carbocycles. The average molecular weight is 407 g/mol. The van der Waals surface area contributed by atoms with Crippen LogP contribution in [-0.4, -0.2) is 52.2 Å². The summed E-state index contributed by atoms with van der Waals surface area (Å²) in [5.41, 5.74) is 3.04. The van der Waals surface area contributed by atoms with Gasteiger partial charge in [0.25, 0.3) is 5.56 Å². The molecule has 0 spiro atoms. The van der Waals surface area contributed by atoms with Crippen LogP contribution in [0.2, 0.25) is 0 Å². The molecular formula is C23H30N6O. The summed E-state index contributed by atoms with van der Waals surface area (Å²) in [5, 5.41) is 7.24. The second-order valence-electron chi connectivity index (χ2n) is 7.85. The van der Waals surface area contributed by atoms with Crippen molar-refractivity contribution in [3.63, 3.8) is 0 Å². The van der Waals surface area contributed by atoms with Crippen LogP contribution in [0.25, 0.3) is 10.9 Å². The van der Waals surface area contributed by atoms with Gasteiger partial charge in [-0.2, -0.15) is 0 Å². The zero-order valence-corrected chi connectivity index (χ0v) is 17.6. The van der Waals surface area contributed by atoms with Crippen LogP contribution in [0.15, 0.2) is 47.7 Å². The Morgan fingerprint density at radius 3 is 2.50 bits per heavy atom. The van der Waals surface area contributed by atoms with Crippen molar-refractivity contribution in [1.82, 2.24) is 24.8 Å². The highest BCUT2D eigenvalue weighted by molar-refractivity contribution is 5.87. The van der Waals surface area contributed by atoms with Crippen LogP contribution < -0.4 is 16.2 Å². The van der Waals surface area contributed by atoms with E-state index in [0.29, 0.717) is 23.3 Å². The first-order valence-electron chi connectivity index (χ1n) is 10.8. The van der Waals surface area contributed by atoms with Gasteiger partial charge in [0.15, 0.2) is 0 Å². The van der Waals surface area contributed by atoms with E-state index in [1.165, 1.54) is 11.9 Å². The molecule has 1 saturated heterocycles. The number of unbranched alkanes of at least 4 members (excludes halogenated alkanes) is 1. The van der Waals surface area contributed by atoms with Gasteiger partial charge < -0.3 is 15.2 Å². The highest BCUT2D eigenvalue weighted by Gasteiger charge is 2.12. The molecule has 1 aromatic carbocycles. The summed E-state index contributed by atoms with van der Waals surface area (Å²) in [4.78, 5) is 24.2. The van der Waals surface area contributed by atoms with Crippen molar-refractivity contribution in [1.29, 1.82) is 0 Å². The normalized spacial score (nSPS) is 14.8. The van der Waals surface area contributed by atoms with Crippen molar-refractivity contribution >= 4 is 16.7 Å². The van der Waals surface area contributed by atoms with Crippen LogP contribution in [0, 0.1) is 0 Å². The van der Waals surface area contributed by atoms with Crippen molar-refractivity contribution in [3.8, 4) is 0 Å². The van der Waals surface area contributed by atoms with Gasteiger partial charge >= 0.3 is 0 Å². The Morgan fingerprint density at radius 1 is 1.03 bits per heavy atom. The summed E-state index contributed by atoms with van der Waals surface area (Å²) in [6.45, 7) is 8.74. The molecule has 0 atom stereocenters. The molecule has 0 unspecified atom stereocenters. The van der Waals surface area contributed by atoms with Crippen LogP contribution in [0.1, 0.15) is 30.9 Å². The maximum absolute atomic E-state index is 13.1. The minimum Gasteiger partial charge on any atom is -0.369 e. The Morgan fingerprint density at radius 2 is 1.77 bits per heavy atom. The van der Waals surface area contributed by atoms with Crippen LogP contribution in [0.5, 0.6) is 0 Å². The summed E-state index contributed by atoms with van der Waals surface area (Å²) >= 11 is 0. The van der Waals surface area contributed by atoms with Crippen LogP contribution in [0.4, 0.5) is 5.82 Å². The number of anilines is 1. The molecule has 2 aromatic heterocycles. The molecule has 4 rings (SSSR count). The number of fused-ring (bicyclic) bond motifs is 1. The van der Waals surface area contributed by atoms with E-state index in [-0.39, 0.29) is 5.56 Å². The largest absolute Gasteiger partial charge is 0.369 e. The summed E-state index contributed by atoms with van der Waals surface area (Å²) in [6.07, 6.45) is 5.46. The highest BCUT2D eigenvalue weighted by atomic mass is 16.1. The van der Waals surface area contributed by atoms with Crippen molar-refractivity contribution < 1.29 is 0 Å². The lowest BCUT2D eigenvalue weighted by atomic mass is 10.1. The molecule has 0 amide bonds. The summed E-state index contributed by atoms with van der Waals surface area (Å²) in [7, 11) is 0. The predicted octanol–water partition coefficient (Wildman–Crippen LogP) is 2.46. The third-order valence-corrected chi connectivity index (χ3v) is 5.58. The molecular weight excluding hydrogens is 376 g/mol. The third-order valence-electron chi connectivity index (χ3n) is 5.58. The molecule has 0 aliphatic carbocycles. The lowest BCUT2D eigenvalue weighted by Gasteiger charge is -2.27. The molecule has 2 N–H and O–H groups in total. The first kappa shape index (κ1) is 20.5. The molecule has 3 aromatic rings. The van der Waals surface area contributed by atoms with E-state index in [4.69, 9.17) is 0 Å². The van der Waals surface area contributed by atoms with E-state index in [1.807, 2.05) is 12.3 Å². The zero-order valence-electron chi connectivity index (χ0n) is 17.6. The van der Waals surface area contributed by atoms with E-state index in [9.17, 15) is 4.79 Å². The number of hydrogen-bond donors (Lipinski definition) is 2. The predicted molar refractivity (Wildman–Crippen MR) is 121 cm³/mol. The van der Waals surface area contributed by atoms with Crippen molar-refractivity contribution in [2.75, 3.05) is 38.0 Å². The Labute approximate surface area is 177 Å². The maximum Gasteiger partial charge on any atom is 0.264 e. The molecule has 0 bridgehead atoms. The van der Waals surface area contributed by atoms with Crippen molar-refractivity contribution in [3.05, 3.63) is 64.3 Å². The second kappa shape index (κ2) is 9.82. The number of nitrogens with zero attached hydrogens (tertiary/aromatic N) is 4. The SMILES string of the molecule is CCCCNc1ncnc2ccn(Cc3ccc(CN4CCNCC4)cc3)c(=O)c12. The fraction of sp³-hybridized carbons (Fsp3) is 0.435. The summed E-state index contributed by atoms with van der Waals surface area (Å²) in [6, 6.07) is 10.5. The molecule has 1 fully saturated rings. The van der Waals surface area contributed by atoms with Crippen LogP contribution in [-0.2, 0) is 13.1 Å². The first-order valence-corrected chi connectivity index (χ1v) is 10.8. The van der Waals surface area contributed by atoms with Gasteiger partial charge in [-0.25, -0.2) is 9.97 Å². The molecule has 0 radical (unpaired) electrons. The van der Waals surface area contributed by atoms with E-state index < -0.39 is 0 Å². The highest BCUT2D eigenvalue weighted by Crippen LogP contribution is 2.16. The van der Waals surface area contributed by atoms with Gasteiger partial charge in [0.2, 0.25) is 0 Å². The lowest BCUT2D eigenvalue weighted by Crippen LogP contribution is -2.42. The number of nitrogens with one attached hydrogen (secondary N) is 2. The van der Waals surface area contributed by atoms with Gasteiger partial charge in [0.05, 0.1) is 12.1 Å². The minimum absolute atomic E-state index is 0.0583. The monoisotopic (exact) mass is 406 g/mol. The number of hydrogen-bond acceptors (Lipinski definition) is 6. The van der Waals surface area contributed by atoms with Crippen LogP contribution in [0.3, 0.4) is 0 Å². The van der Waals surface area contributed by atoms with E-state index >= 15 is 0 Å². The summed E-state index contributed by atoms with van der Waals surface area (Å²) < 4.78 is 1.74. The smallest absolute Gasteiger partial charge is 0.264 e. The van der Waals surface area contributed by atoms with Crippen LogP contribution >= 0.6 is 0 Å². The van der Waals surface area contributed by atoms with Gasteiger partial charge in [0.1, 0.15) is 17.5 Å². The molecule has 7 nitrogen and oxygen atoms in total. The van der Waals surface area contributed by atoms with Gasteiger partial charge in [-0.1, -0.05) is 37.6 Å². The fourth-order valence-electron chi connectivity index (χ4n) is 3.82. The second-order valence-corrected chi connectivity index (χ2v) is 7.85. The molecule has 1 aliphatic heterocycles. The Hall–Kier alpha value is -2.77. The van der Waals surface area contributed by atoms with Gasteiger partial charge in [0, 0.05) is 45.5 Å². The topological polar surface area (TPSA) is 75.1 Å². The quantitative estimate of drug-likeness (QED) is 0.560. The number of piperazine rings is 1. The van der Waals surface area contributed by atoms with E-state index in [0.717, 1.165) is 57.7 Å². The lowest BCUT2D eigenvalue weighted by molar-refractivity contribution is 0.233. The van der Waals surface area contributed by atoms with Crippen molar-refractivity contribution in [2.24, 2.45) is 0 Å². The number of pyridine rings is 1. The Kier molecular flexibility index (Phi) is 6.71. The Balaban J connectivity index is 1.51.